The standard InChI is InChI=1S/C37H52N4O4S/c1-5-7-18-40(19-8-6-2)36(43)45-28-41-33-26-29(14-15-31(33)37(3,4)27-35(41)42)44-24-10-9-17-38-20-22-39(23-21-38)32-12-11-13-34-30(32)16-25-46-34/h11-16,25-26H,5-10,17-24,27-28H2,1-4H3. The van der Waals surface area contributed by atoms with Crippen molar-refractivity contribution in [3.63, 3.8) is 0 Å². The van der Waals surface area contributed by atoms with Crippen molar-refractivity contribution in [3.8, 4) is 5.75 Å². The molecule has 9 heteroatoms. The number of unbranched alkanes of at least 4 members (excludes halogenated alkanes) is 3. The van der Waals surface area contributed by atoms with Crippen LogP contribution in [-0.4, -0.2) is 81.0 Å². The average Bonchev–Trinajstić information content (AvgIpc) is 3.54. The number of piperazine rings is 1. The highest BCUT2D eigenvalue weighted by Gasteiger charge is 2.37. The molecule has 0 saturated carbocycles. The molecule has 2 aliphatic rings. The lowest BCUT2D eigenvalue weighted by atomic mass is 9.77. The Morgan fingerprint density at radius 1 is 0.935 bits per heavy atom. The summed E-state index contributed by atoms with van der Waals surface area (Å²) < 4.78 is 13.3. The zero-order chi connectivity index (χ0) is 32.5. The van der Waals surface area contributed by atoms with Gasteiger partial charge in [-0.2, -0.15) is 0 Å². The molecule has 1 fully saturated rings. The van der Waals surface area contributed by atoms with E-state index < -0.39 is 0 Å². The molecule has 2 aromatic carbocycles. The smallest absolute Gasteiger partial charge is 0.411 e. The topological polar surface area (TPSA) is 65.6 Å². The van der Waals surface area contributed by atoms with E-state index in [1.54, 1.807) is 9.80 Å². The minimum Gasteiger partial charge on any atom is -0.494 e. The number of nitrogens with zero attached hydrogens (tertiary/aromatic N) is 4. The van der Waals surface area contributed by atoms with Crippen LogP contribution < -0.4 is 14.5 Å². The molecule has 1 aromatic heterocycles. The van der Waals surface area contributed by atoms with Gasteiger partial charge < -0.3 is 19.3 Å². The van der Waals surface area contributed by atoms with Crippen molar-refractivity contribution in [2.24, 2.45) is 0 Å². The zero-order valence-electron chi connectivity index (χ0n) is 28.3. The molecule has 250 valence electrons. The van der Waals surface area contributed by atoms with Crippen LogP contribution in [0, 0.1) is 0 Å². The third-order valence-electron chi connectivity index (χ3n) is 9.35. The first-order valence-electron chi connectivity index (χ1n) is 17.2. The molecule has 1 saturated heterocycles. The van der Waals surface area contributed by atoms with Crippen molar-refractivity contribution in [1.29, 1.82) is 0 Å². The number of carbonyl (C=O) groups excluding carboxylic acids is 2. The molecule has 0 aliphatic carbocycles. The van der Waals surface area contributed by atoms with Crippen molar-refractivity contribution < 1.29 is 19.1 Å². The lowest BCUT2D eigenvalue weighted by Gasteiger charge is -2.38. The number of ether oxygens (including phenoxy) is 2. The van der Waals surface area contributed by atoms with Gasteiger partial charge in [-0.3, -0.25) is 14.6 Å². The SMILES string of the molecule is CCCCN(CCCC)C(=O)OCN1C(=O)CC(C)(C)c2ccc(OCCCCN3CCN(c4cccc5sccc45)CC3)cc21. The van der Waals surface area contributed by atoms with Crippen LogP contribution in [-0.2, 0) is 14.9 Å². The van der Waals surface area contributed by atoms with Crippen molar-refractivity contribution in [2.45, 2.75) is 78.1 Å². The highest BCUT2D eigenvalue weighted by molar-refractivity contribution is 7.17. The van der Waals surface area contributed by atoms with Gasteiger partial charge in [0, 0.05) is 72.9 Å². The average molecular weight is 649 g/mol. The molecule has 46 heavy (non-hydrogen) atoms. The van der Waals surface area contributed by atoms with E-state index in [0.717, 1.165) is 88.2 Å². The number of rotatable bonds is 15. The van der Waals surface area contributed by atoms with E-state index in [2.05, 4.69) is 73.2 Å². The van der Waals surface area contributed by atoms with Crippen LogP contribution >= 0.6 is 11.3 Å². The van der Waals surface area contributed by atoms with E-state index in [1.807, 2.05) is 23.5 Å². The van der Waals surface area contributed by atoms with Gasteiger partial charge in [0.05, 0.1) is 12.3 Å². The third-order valence-corrected chi connectivity index (χ3v) is 10.2. The van der Waals surface area contributed by atoms with Crippen LogP contribution in [0.2, 0.25) is 0 Å². The summed E-state index contributed by atoms with van der Waals surface area (Å²) in [6.45, 7) is 15.6. The fourth-order valence-electron chi connectivity index (χ4n) is 6.54. The largest absolute Gasteiger partial charge is 0.494 e. The predicted molar refractivity (Wildman–Crippen MR) is 190 cm³/mol. The van der Waals surface area contributed by atoms with Crippen LogP contribution in [0.4, 0.5) is 16.2 Å². The van der Waals surface area contributed by atoms with Crippen LogP contribution in [0.3, 0.4) is 0 Å². The monoisotopic (exact) mass is 648 g/mol. The molecule has 0 radical (unpaired) electrons. The number of carbonyl (C=O) groups is 2. The van der Waals surface area contributed by atoms with Gasteiger partial charge in [0.15, 0.2) is 6.73 Å². The number of thiophene rings is 1. The predicted octanol–water partition coefficient (Wildman–Crippen LogP) is 7.89. The van der Waals surface area contributed by atoms with E-state index in [-0.39, 0.29) is 24.1 Å². The quantitative estimate of drug-likeness (QED) is 0.156. The number of fused-ring (bicyclic) bond motifs is 2. The van der Waals surface area contributed by atoms with Crippen molar-refractivity contribution in [3.05, 3.63) is 53.4 Å². The fourth-order valence-corrected chi connectivity index (χ4v) is 7.35. The summed E-state index contributed by atoms with van der Waals surface area (Å²) in [4.78, 5) is 34.7. The first-order valence-corrected chi connectivity index (χ1v) is 18.1. The van der Waals surface area contributed by atoms with Gasteiger partial charge in [-0.15, -0.1) is 11.3 Å². The Labute approximate surface area is 279 Å². The second-order valence-corrected chi connectivity index (χ2v) is 14.2. The highest BCUT2D eigenvalue weighted by atomic mass is 32.1. The number of amides is 2. The van der Waals surface area contributed by atoms with Crippen molar-refractivity contribution in [2.75, 3.05) is 69.0 Å². The zero-order valence-corrected chi connectivity index (χ0v) is 29.1. The fraction of sp³-hybridized carbons (Fsp3) is 0.568. The third kappa shape index (κ3) is 8.34. The van der Waals surface area contributed by atoms with Gasteiger partial charge in [-0.25, -0.2) is 4.79 Å². The van der Waals surface area contributed by atoms with Gasteiger partial charge in [-0.1, -0.05) is 52.7 Å². The van der Waals surface area contributed by atoms with E-state index in [1.165, 1.54) is 15.8 Å². The van der Waals surface area contributed by atoms with Crippen LogP contribution in [0.15, 0.2) is 47.8 Å². The first kappa shape index (κ1) is 34.0. The lowest BCUT2D eigenvalue weighted by Crippen LogP contribution is -2.46. The first-order chi connectivity index (χ1) is 22.3. The summed E-state index contributed by atoms with van der Waals surface area (Å²) in [5.74, 6) is 0.701. The van der Waals surface area contributed by atoms with Gasteiger partial charge in [0.1, 0.15) is 5.75 Å². The summed E-state index contributed by atoms with van der Waals surface area (Å²) in [7, 11) is 0. The summed E-state index contributed by atoms with van der Waals surface area (Å²) in [5.41, 5.74) is 2.90. The molecule has 0 atom stereocenters. The molecule has 5 rings (SSSR count). The molecule has 8 nitrogen and oxygen atoms in total. The molecular formula is C37H52N4O4S. The molecule has 0 N–H and O–H groups in total. The summed E-state index contributed by atoms with van der Waals surface area (Å²) in [6.07, 6.45) is 5.94. The van der Waals surface area contributed by atoms with Gasteiger partial charge in [-0.05, 0) is 67.4 Å². The summed E-state index contributed by atoms with van der Waals surface area (Å²) >= 11 is 1.81. The molecular weight excluding hydrogens is 596 g/mol. The lowest BCUT2D eigenvalue weighted by molar-refractivity contribution is -0.121. The minimum atomic E-state index is -0.352. The summed E-state index contributed by atoms with van der Waals surface area (Å²) in [6, 6.07) is 14.9. The maximum absolute atomic E-state index is 13.3. The van der Waals surface area contributed by atoms with E-state index in [4.69, 9.17) is 9.47 Å². The Kier molecular flexibility index (Phi) is 11.8. The summed E-state index contributed by atoms with van der Waals surface area (Å²) in [5, 5.41) is 3.55. The van der Waals surface area contributed by atoms with E-state index >= 15 is 0 Å². The minimum absolute atomic E-state index is 0.0387. The van der Waals surface area contributed by atoms with Gasteiger partial charge in [0.25, 0.3) is 0 Å². The second-order valence-electron chi connectivity index (χ2n) is 13.3. The Morgan fingerprint density at radius 3 is 2.43 bits per heavy atom. The Morgan fingerprint density at radius 2 is 1.70 bits per heavy atom. The maximum atomic E-state index is 13.3. The molecule has 0 bridgehead atoms. The molecule has 2 amide bonds. The molecule has 0 unspecified atom stereocenters. The van der Waals surface area contributed by atoms with Crippen LogP contribution in [0.5, 0.6) is 5.75 Å². The highest BCUT2D eigenvalue weighted by Crippen LogP contribution is 2.42. The second kappa shape index (κ2) is 16.0. The Bertz CT molecular complexity index is 1440. The maximum Gasteiger partial charge on any atom is 0.411 e. The molecule has 0 spiro atoms. The van der Waals surface area contributed by atoms with Gasteiger partial charge >= 0.3 is 6.09 Å². The Balaban J connectivity index is 1.10. The number of anilines is 2. The van der Waals surface area contributed by atoms with Crippen LogP contribution in [0.1, 0.15) is 78.2 Å². The number of hydrogen-bond acceptors (Lipinski definition) is 7. The molecule has 3 heterocycles. The van der Waals surface area contributed by atoms with Gasteiger partial charge in [0.2, 0.25) is 5.91 Å². The number of benzene rings is 2. The van der Waals surface area contributed by atoms with E-state index in [0.29, 0.717) is 26.1 Å². The Hall–Kier alpha value is -3.30. The molecule has 2 aliphatic heterocycles. The molecule has 3 aromatic rings. The van der Waals surface area contributed by atoms with Crippen molar-refractivity contribution in [1.82, 2.24) is 9.80 Å². The van der Waals surface area contributed by atoms with Crippen LogP contribution in [0.25, 0.3) is 10.1 Å². The van der Waals surface area contributed by atoms with E-state index in [9.17, 15) is 9.59 Å². The normalized spacial score (nSPS) is 16.5. The number of hydrogen-bond donors (Lipinski definition) is 0. The van der Waals surface area contributed by atoms with Crippen molar-refractivity contribution >= 4 is 44.8 Å².